The van der Waals surface area contributed by atoms with Crippen molar-refractivity contribution >= 4 is 5.91 Å². The van der Waals surface area contributed by atoms with Crippen molar-refractivity contribution in [3.05, 3.63) is 0 Å². The van der Waals surface area contributed by atoms with Gasteiger partial charge in [0, 0.05) is 6.92 Å². The minimum absolute atomic E-state index is 0.697. The van der Waals surface area contributed by atoms with Gasteiger partial charge in [0.15, 0.2) is 31.5 Å². The average molecular weight is 870 g/mol. The highest BCUT2D eigenvalue weighted by Gasteiger charge is 2.56. The van der Waals surface area contributed by atoms with Crippen LogP contribution in [0.15, 0.2) is 0 Å². The van der Waals surface area contributed by atoms with Crippen LogP contribution in [-0.2, 0) is 47.4 Å². The standard InChI is InChI=1S/C32H55NO26/c1-7(39)33-13-15(41)14(40)8(2-34)52-29(13)56-25-10(4-36)53-31(21(47)17(25)43)58-27-12(6-38)55-32(23(49)19(27)45)59-26-11(5-37)54-30(22(48)18(26)44)57-24-9(3-35)51-28(50)20(46)16(24)42/h8-32,34-38,40-50H,2-6H2,1H3,(H,33,39)/t8-,9-,10-,11-,12-,13-,14-,15-,16-,17-,18-,19-,20-,21-,22-,23-,24-,25-,26-,27-,28?,29-,30-,31-,32-/m1/s1. The monoisotopic (exact) mass is 869 g/mol. The van der Waals surface area contributed by atoms with Crippen molar-refractivity contribution in [1.29, 1.82) is 0 Å². The molecule has 0 aromatic heterocycles. The summed E-state index contributed by atoms with van der Waals surface area (Å²) in [5, 5.41) is 169. The van der Waals surface area contributed by atoms with Crippen LogP contribution in [0.1, 0.15) is 6.92 Å². The number of carbonyl (C=O) groups excluding carboxylic acids is 1. The summed E-state index contributed by atoms with van der Waals surface area (Å²) in [5.41, 5.74) is 0. The molecule has 0 aliphatic carbocycles. The highest BCUT2D eigenvalue weighted by molar-refractivity contribution is 5.73. The first kappa shape index (κ1) is 48.5. The maximum absolute atomic E-state index is 11.8. The van der Waals surface area contributed by atoms with Gasteiger partial charge in [-0.05, 0) is 0 Å². The zero-order chi connectivity index (χ0) is 43.6. The molecule has 1 amide bonds. The number of nitrogens with one attached hydrogen (secondary N) is 1. The largest absolute Gasteiger partial charge is 0.394 e. The third kappa shape index (κ3) is 10.2. The lowest BCUT2D eigenvalue weighted by Gasteiger charge is -2.49. The molecule has 0 saturated carbocycles. The van der Waals surface area contributed by atoms with Gasteiger partial charge in [0.2, 0.25) is 5.91 Å². The van der Waals surface area contributed by atoms with Crippen LogP contribution >= 0.6 is 0 Å². The normalized spacial score (nSPS) is 51.0. The first-order valence-corrected chi connectivity index (χ1v) is 18.6. The van der Waals surface area contributed by atoms with Gasteiger partial charge >= 0.3 is 0 Å². The molecule has 27 nitrogen and oxygen atoms in total. The quantitative estimate of drug-likeness (QED) is 0.0770. The summed E-state index contributed by atoms with van der Waals surface area (Å²) in [6, 6.07) is -1.48. The minimum Gasteiger partial charge on any atom is -0.394 e. The van der Waals surface area contributed by atoms with E-state index in [4.69, 9.17) is 42.6 Å². The lowest BCUT2D eigenvalue weighted by Crippen LogP contribution is -2.68. The highest BCUT2D eigenvalue weighted by Crippen LogP contribution is 2.35. The number of aliphatic hydroxyl groups excluding tert-OH is 16. The van der Waals surface area contributed by atoms with Gasteiger partial charge in [-0.1, -0.05) is 0 Å². The van der Waals surface area contributed by atoms with Crippen LogP contribution < -0.4 is 5.32 Å². The third-order valence-electron chi connectivity index (χ3n) is 10.7. The second-order valence-corrected chi connectivity index (χ2v) is 14.7. The molecule has 5 saturated heterocycles. The van der Waals surface area contributed by atoms with Crippen molar-refractivity contribution in [2.45, 2.75) is 160 Å². The average Bonchev–Trinajstić information content (AvgIpc) is 3.21. The van der Waals surface area contributed by atoms with Crippen LogP contribution in [-0.4, -0.2) is 274 Å². The third-order valence-corrected chi connectivity index (χ3v) is 10.7. The van der Waals surface area contributed by atoms with E-state index >= 15 is 0 Å². The van der Waals surface area contributed by atoms with Crippen molar-refractivity contribution < 1.29 is 129 Å². The second-order valence-electron chi connectivity index (χ2n) is 14.7. The molecule has 5 rings (SSSR count). The van der Waals surface area contributed by atoms with Gasteiger partial charge < -0.3 is 130 Å². The molecule has 344 valence electrons. The lowest BCUT2D eigenvalue weighted by atomic mass is 9.95. The molecule has 27 heteroatoms. The summed E-state index contributed by atoms with van der Waals surface area (Å²) in [7, 11) is 0. The first-order valence-electron chi connectivity index (χ1n) is 18.6. The summed E-state index contributed by atoms with van der Waals surface area (Å²) in [6.07, 6.45) is -43.7. The number of amides is 1. The molecule has 5 aliphatic rings. The fraction of sp³-hybridized carbons (Fsp3) is 0.969. The SMILES string of the molecule is CC(=O)N[C@H]1[C@@H](O[C@H]2[C@H](O)[C@@H](O)[C@@H](O[C@H]3[C@H](O)[C@@H](O)[C@@H](O[C@H]4[C@H](O)[C@@H](O)[C@@H](O[C@H]5[C@H](O)[C@@H](O)C(O)O[C@@H]5CO)O[C@@H]4CO)O[C@@H]3CO)O[C@@H]2CO)O[C@H](CO)[C@@H](O)[C@@H]1O. The Bertz CT molecular complexity index is 1320. The van der Waals surface area contributed by atoms with Gasteiger partial charge in [0.25, 0.3) is 0 Å². The van der Waals surface area contributed by atoms with E-state index in [0.29, 0.717) is 0 Å². The Morgan fingerprint density at radius 2 is 0.712 bits per heavy atom. The number of rotatable bonds is 14. The van der Waals surface area contributed by atoms with Crippen LogP contribution in [0, 0.1) is 0 Å². The number of aliphatic hydroxyl groups is 16. The van der Waals surface area contributed by atoms with Gasteiger partial charge in [-0.15, -0.1) is 0 Å². The number of carbonyl (C=O) groups is 1. The van der Waals surface area contributed by atoms with Crippen LogP contribution in [0.25, 0.3) is 0 Å². The van der Waals surface area contributed by atoms with E-state index in [0.717, 1.165) is 6.92 Å². The summed E-state index contributed by atoms with van der Waals surface area (Å²) in [5.74, 6) is -0.697. The molecule has 1 unspecified atom stereocenters. The summed E-state index contributed by atoms with van der Waals surface area (Å²) < 4.78 is 49.7. The maximum Gasteiger partial charge on any atom is 0.217 e. The van der Waals surface area contributed by atoms with E-state index in [1.165, 1.54) is 0 Å². The molecule has 0 spiro atoms. The molecular weight excluding hydrogens is 814 g/mol. The minimum atomic E-state index is -2.13. The molecule has 0 radical (unpaired) electrons. The number of hydrogen-bond donors (Lipinski definition) is 17. The maximum atomic E-state index is 11.8. The molecule has 5 aliphatic heterocycles. The fourth-order valence-electron chi connectivity index (χ4n) is 7.44. The number of ether oxygens (including phenoxy) is 9. The van der Waals surface area contributed by atoms with Gasteiger partial charge in [0.1, 0.15) is 122 Å². The Kier molecular flexibility index (Phi) is 17.1. The Morgan fingerprint density at radius 1 is 0.407 bits per heavy atom. The van der Waals surface area contributed by atoms with Gasteiger partial charge in [0.05, 0.1) is 33.0 Å². The lowest BCUT2D eigenvalue weighted by molar-refractivity contribution is -0.391. The van der Waals surface area contributed by atoms with E-state index in [-0.39, 0.29) is 0 Å². The van der Waals surface area contributed by atoms with Crippen LogP contribution in [0.5, 0.6) is 0 Å². The van der Waals surface area contributed by atoms with Crippen LogP contribution in [0.3, 0.4) is 0 Å². The Hall–Kier alpha value is -1.53. The van der Waals surface area contributed by atoms with Gasteiger partial charge in [-0.25, -0.2) is 0 Å². The fourth-order valence-corrected chi connectivity index (χ4v) is 7.44. The van der Waals surface area contributed by atoms with Gasteiger partial charge in [-0.3, -0.25) is 4.79 Å². The van der Waals surface area contributed by atoms with Crippen LogP contribution in [0.4, 0.5) is 0 Å². The molecule has 0 aromatic carbocycles. The van der Waals surface area contributed by atoms with E-state index in [1.807, 2.05) is 0 Å². The van der Waals surface area contributed by atoms with Crippen molar-refractivity contribution in [3.63, 3.8) is 0 Å². The summed E-state index contributed by atoms with van der Waals surface area (Å²) in [4.78, 5) is 11.8. The topological polar surface area (TPSA) is 436 Å². The Morgan fingerprint density at radius 3 is 1.05 bits per heavy atom. The van der Waals surface area contributed by atoms with Gasteiger partial charge in [-0.2, -0.15) is 0 Å². The van der Waals surface area contributed by atoms with Crippen molar-refractivity contribution in [2.24, 2.45) is 0 Å². The zero-order valence-electron chi connectivity index (χ0n) is 31.2. The predicted octanol–water partition coefficient (Wildman–Crippen LogP) is -11.8. The molecule has 25 atom stereocenters. The van der Waals surface area contributed by atoms with E-state index in [9.17, 15) is 86.5 Å². The Balaban J connectivity index is 1.24. The Labute approximate surface area is 333 Å². The molecule has 5 heterocycles. The number of hydrogen-bond acceptors (Lipinski definition) is 26. The van der Waals surface area contributed by atoms with E-state index < -0.39 is 192 Å². The van der Waals surface area contributed by atoms with Crippen molar-refractivity contribution in [2.75, 3.05) is 33.0 Å². The van der Waals surface area contributed by atoms with Crippen LogP contribution in [0.2, 0.25) is 0 Å². The molecule has 59 heavy (non-hydrogen) atoms. The van der Waals surface area contributed by atoms with E-state index in [2.05, 4.69) is 5.32 Å². The molecular formula is C32H55NO26. The predicted molar refractivity (Wildman–Crippen MR) is 178 cm³/mol. The van der Waals surface area contributed by atoms with Crippen molar-refractivity contribution in [3.8, 4) is 0 Å². The molecule has 5 fully saturated rings. The summed E-state index contributed by atoms with van der Waals surface area (Å²) >= 11 is 0. The molecule has 0 bridgehead atoms. The second kappa shape index (κ2) is 20.8. The van der Waals surface area contributed by atoms with Crippen molar-refractivity contribution in [1.82, 2.24) is 5.32 Å². The first-order chi connectivity index (χ1) is 27.9. The summed E-state index contributed by atoms with van der Waals surface area (Å²) in [6.45, 7) is -3.45. The molecule has 0 aromatic rings. The zero-order valence-corrected chi connectivity index (χ0v) is 31.2. The highest BCUT2D eigenvalue weighted by atomic mass is 16.8. The smallest absolute Gasteiger partial charge is 0.217 e. The van der Waals surface area contributed by atoms with E-state index in [1.54, 1.807) is 0 Å². The molecule has 17 N–H and O–H groups in total.